The molecule has 140 valence electrons. The van der Waals surface area contributed by atoms with Gasteiger partial charge >= 0.3 is 0 Å². The predicted octanol–water partition coefficient (Wildman–Crippen LogP) is 3.16. The van der Waals surface area contributed by atoms with E-state index in [2.05, 4.69) is 19.9 Å². The summed E-state index contributed by atoms with van der Waals surface area (Å²) in [6.45, 7) is 0. The van der Waals surface area contributed by atoms with Gasteiger partial charge < -0.3 is 15.7 Å². The molecule has 28 heavy (non-hydrogen) atoms. The fraction of sp³-hybridized carbons (Fsp3) is 0. The van der Waals surface area contributed by atoms with Gasteiger partial charge in [0.25, 0.3) is 11.8 Å². The highest BCUT2D eigenvalue weighted by molar-refractivity contribution is 6.30. The lowest BCUT2D eigenvalue weighted by Crippen LogP contribution is -2.30. The highest BCUT2D eigenvalue weighted by atomic mass is 35.5. The van der Waals surface area contributed by atoms with Crippen LogP contribution in [0.1, 0.15) is 21.0 Å². The van der Waals surface area contributed by atoms with Crippen LogP contribution in [0.25, 0.3) is 11.0 Å². The fourth-order valence-corrected chi connectivity index (χ4v) is 2.94. The van der Waals surface area contributed by atoms with E-state index >= 15 is 0 Å². The molecule has 8 nitrogen and oxygen atoms in total. The van der Waals surface area contributed by atoms with Gasteiger partial charge in [0.05, 0.1) is 23.0 Å². The molecule has 2 amide bonds. The number of rotatable bonds is 4. The van der Waals surface area contributed by atoms with Gasteiger partial charge in [-0.1, -0.05) is 23.7 Å². The number of aromatic amines is 2. The third-order valence-corrected chi connectivity index (χ3v) is 4.27. The summed E-state index contributed by atoms with van der Waals surface area (Å²) in [4.78, 5) is 39.5. The summed E-state index contributed by atoms with van der Waals surface area (Å²) >= 11 is 5.83. The SMILES string of the molecule is NC(=O)c1[nH]cnc1C(=O)N(c1nc2ccccc2[nH]1)c1ccc(Cl)cc1F. The molecule has 4 N–H and O–H groups in total. The van der Waals surface area contributed by atoms with Crippen molar-refractivity contribution in [2.45, 2.75) is 0 Å². The molecule has 0 spiro atoms. The summed E-state index contributed by atoms with van der Waals surface area (Å²) in [6, 6.07) is 10.9. The van der Waals surface area contributed by atoms with E-state index in [0.717, 1.165) is 17.3 Å². The average Bonchev–Trinajstić information content (AvgIpc) is 3.30. The summed E-state index contributed by atoms with van der Waals surface area (Å²) in [5.74, 6) is -2.37. The molecule has 0 unspecified atom stereocenters. The molecule has 0 atom stereocenters. The number of benzene rings is 2. The molecular formula is C18H12ClFN6O2. The minimum Gasteiger partial charge on any atom is -0.364 e. The zero-order valence-corrected chi connectivity index (χ0v) is 14.9. The standard InChI is InChI=1S/C18H12ClFN6O2/c19-9-5-6-13(10(20)7-9)26(17(28)15-14(16(21)27)22-8-23-15)18-24-11-3-1-2-4-12(11)25-18/h1-8H,(H2,21,27)(H,22,23)(H,24,25). The van der Waals surface area contributed by atoms with Crippen LogP contribution in [-0.4, -0.2) is 31.8 Å². The number of halogens is 2. The molecule has 2 aromatic carbocycles. The number of imidazole rings is 2. The Morgan fingerprint density at radius 2 is 1.96 bits per heavy atom. The van der Waals surface area contributed by atoms with Gasteiger partial charge in [-0.15, -0.1) is 0 Å². The topological polar surface area (TPSA) is 121 Å². The van der Waals surface area contributed by atoms with E-state index in [1.54, 1.807) is 24.3 Å². The summed E-state index contributed by atoms with van der Waals surface area (Å²) < 4.78 is 14.7. The second-order valence-corrected chi connectivity index (χ2v) is 6.24. The maximum absolute atomic E-state index is 14.7. The van der Waals surface area contributed by atoms with Crippen molar-refractivity contribution in [3.63, 3.8) is 0 Å². The van der Waals surface area contributed by atoms with E-state index in [1.165, 1.54) is 12.1 Å². The van der Waals surface area contributed by atoms with Gasteiger partial charge in [-0.2, -0.15) is 0 Å². The molecule has 4 aromatic rings. The third-order valence-electron chi connectivity index (χ3n) is 4.03. The number of nitrogens with one attached hydrogen (secondary N) is 2. The number of nitrogens with zero attached hydrogens (tertiary/aromatic N) is 3. The van der Waals surface area contributed by atoms with Gasteiger partial charge in [-0.3, -0.25) is 9.59 Å². The molecule has 0 aliphatic carbocycles. The first-order valence-corrected chi connectivity index (χ1v) is 8.41. The molecule has 2 aromatic heterocycles. The first kappa shape index (κ1) is 17.7. The highest BCUT2D eigenvalue weighted by Crippen LogP contribution is 2.31. The zero-order valence-electron chi connectivity index (χ0n) is 14.1. The number of amides is 2. The molecule has 10 heteroatoms. The van der Waals surface area contributed by atoms with Crippen LogP contribution in [0.2, 0.25) is 5.02 Å². The van der Waals surface area contributed by atoms with Crippen molar-refractivity contribution in [3.05, 3.63) is 71.0 Å². The highest BCUT2D eigenvalue weighted by Gasteiger charge is 2.30. The monoisotopic (exact) mass is 398 g/mol. The van der Waals surface area contributed by atoms with Crippen molar-refractivity contribution >= 4 is 46.1 Å². The lowest BCUT2D eigenvalue weighted by molar-refractivity contribution is 0.0961. The largest absolute Gasteiger partial charge is 0.364 e. The van der Waals surface area contributed by atoms with Crippen LogP contribution in [0.5, 0.6) is 0 Å². The van der Waals surface area contributed by atoms with E-state index in [-0.39, 0.29) is 28.0 Å². The maximum Gasteiger partial charge on any atom is 0.286 e. The second-order valence-electron chi connectivity index (χ2n) is 5.80. The minimum atomic E-state index is -0.873. The van der Waals surface area contributed by atoms with Gasteiger partial charge in [-0.05, 0) is 30.3 Å². The van der Waals surface area contributed by atoms with E-state index in [4.69, 9.17) is 17.3 Å². The van der Waals surface area contributed by atoms with Gasteiger partial charge in [0, 0.05) is 5.02 Å². The van der Waals surface area contributed by atoms with Crippen LogP contribution in [0.3, 0.4) is 0 Å². The lowest BCUT2D eigenvalue weighted by Gasteiger charge is -2.20. The molecule has 0 radical (unpaired) electrons. The van der Waals surface area contributed by atoms with Crippen LogP contribution in [-0.2, 0) is 0 Å². The van der Waals surface area contributed by atoms with Gasteiger partial charge in [-0.25, -0.2) is 19.3 Å². The van der Waals surface area contributed by atoms with E-state index < -0.39 is 17.6 Å². The van der Waals surface area contributed by atoms with E-state index in [0.29, 0.717) is 11.0 Å². The van der Waals surface area contributed by atoms with Crippen molar-refractivity contribution in [2.75, 3.05) is 4.90 Å². The number of primary amides is 1. The Bertz CT molecular complexity index is 1180. The Labute approximate surface area is 162 Å². The Morgan fingerprint density at radius 1 is 1.18 bits per heavy atom. The molecule has 0 saturated heterocycles. The second kappa shape index (κ2) is 6.78. The van der Waals surface area contributed by atoms with Crippen LogP contribution < -0.4 is 10.6 Å². The molecule has 0 aliphatic rings. The molecular weight excluding hydrogens is 387 g/mol. The van der Waals surface area contributed by atoms with Crippen molar-refractivity contribution in [1.82, 2.24) is 19.9 Å². The molecule has 0 bridgehead atoms. The minimum absolute atomic E-state index is 0.0471. The number of nitrogens with two attached hydrogens (primary N) is 1. The summed E-state index contributed by atoms with van der Waals surface area (Å²) in [5.41, 5.74) is 5.93. The summed E-state index contributed by atoms with van der Waals surface area (Å²) in [6.07, 6.45) is 1.16. The molecule has 2 heterocycles. The maximum atomic E-state index is 14.7. The van der Waals surface area contributed by atoms with Crippen molar-refractivity contribution in [2.24, 2.45) is 5.73 Å². The zero-order chi connectivity index (χ0) is 19.8. The molecule has 0 aliphatic heterocycles. The third kappa shape index (κ3) is 2.97. The molecule has 0 saturated carbocycles. The number of anilines is 2. The van der Waals surface area contributed by atoms with E-state index in [9.17, 15) is 14.0 Å². The average molecular weight is 399 g/mol. The van der Waals surface area contributed by atoms with Crippen molar-refractivity contribution in [1.29, 1.82) is 0 Å². The quantitative estimate of drug-likeness (QED) is 0.489. The van der Waals surface area contributed by atoms with Crippen LogP contribution in [0, 0.1) is 5.82 Å². The van der Waals surface area contributed by atoms with Gasteiger partial charge in [0.2, 0.25) is 5.95 Å². The van der Waals surface area contributed by atoms with Crippen molar-refractivity contribution < 1.29 is 14.0 Å². The normalized spacial score (nSPS) is 10.9. The van der Waals surface area contributed by atoms with Crippen LogP contribution in [0.15, 0.2) is 48.8 Å². The lowest BCUT2D eigenvalue weighted by atomic mass is 10.2. The molecule has 4 rings (SSSR count). The predicted molar refractivity (Wildman–Crippen MR) is 101 cm³/mol. The number of fused-ring (bicyclic) bond motifs is 1. The van der Waals surface area contributed by atoms with Gasteiger partial charge in [0.1, 0.15) is 11.5 Å². The number of carbonyl (C=O) groups excluding carboxylic acids is 2. The number of para-hydroxylation sites is 2. The number of hydrogen-bond donors (Lipinski definition) is 3. The summed E-state index contributed by atoms with van der Waals surface area (Å²) in [7, 11) is 0. The van der Waals surface area contributed by atoms with Gasteiger partial charge in [0.15, 0.2) is 5.69 Å². The Balaban J connectivity index is 1.91. The summed E-state index contributed by atoms with van der Waals surface area (Å²) in [5, 5.41) is 0.163. The smallest absolute Gasteiger partial charge is 0.286 e. The Morgan fingerprint density at radius 3 is 2.68 bits per heavy atom. The number of carbonyl (C=O) groups is 2. The number of H-pyrrole nitrogens is 2. The Hall–Kier alpha value is -3.72. The first-order chi connectivity index (χ1) is 13.5. The van der Waals surface area contributed by atoms with Crippen LogP contribution >= 0.6 is 11.6 Å². The number of hydrogen-bond acceptors (Lipinski definition) is 4. The number of aromatic nitrogens is 4. The fourth-order valence-electron chi connectivity index (χ4n) is 2.78. The first-order valence-electron chi connectivity index (χ1n) is 8.03. The van der Waals surface area contributed by atoms with Crippen LogP contribution in [0.4, 0.5) is 16.0 Å². The Kier molecular flexibility index (Phi) is 4.28. The van der Waals surface area contributed by atoms with E-state index in [1.807, 2.05) is 0 Å². The van der Waals surface area contributed by atoms with Crippen molar-refractivity contribution in [3.8, 4) is 0 Å². The molecule has 0 fully saturated rings.